The van der Waals surface area contributed by atoms with Gasteiger partial charge >= 0.3 is 24.3 Å². The maximum absolute atomic E-state index is 12.0. The Kier molecular flexibility index (Phi) is 17.9. The van der Waals surface area contributed by atoms with Crippen molar-refractivity contribution in [2.45, 2.75) is 78.9 Å². The van der Waals surface area contributed by atoms with E-state index in [1.54, 1.807) is 0 Å². The van der Waals surface area contributed by atoms with E-state index >= 15 is 0 Å². The summed E-state index contributed by atoms with van der Waals surface area (Å²) < 4.78 is 72.3. The zero-order chi connectivity index (χ0) is 25.9. The molecule has 2 unspecified atom stereocenters. The number of carbonyl (C=O) groups excluding carboxylic acids is 4. The van der Waals surface area contributed by atoms with Crippen LogP contribution in [0.25, 0.3) is 0 Å². The van der Waals surface area contributed by atoms with Gasteiger partial charge in [0, 0.05) is 26.2 Å². The number of rotatable bonds is 10. The molecule has 0 saturated carbocycles. The summed E-state index contributed by atoms with van der Waals surface area (Å²) in [6, 6.07) is 0. The molecule has 0 aliphatic carbocycles. The molecule has 0 spiro atoms. The molecule has 0 saturated heterocycles. The summed E-state index contributed by atoms with van der Waals surface area (Å²) in [6.45, 7) is 8.68. The Bertz CT molecular complexity index is 580. The van der Waals surface area contributed by atoms with Crippen molar-refractivity contribution < 1.29 is 91.3 Å². The van der Waals surface area contributed by atoms with Crippen LogP contribution < -0.4 is 0 Å². The van der Waals surface area contributed by atoms with Gasteiger partial charge in [0.1, 0.15) is 11.8 Å². The third kappa shape index (κ3) is 15.2. The summed E-state index contributed by atoms with van der Waals surface area (Å²) >= 11 is 0. The van der Waals surface area contributed by atoms with Gasteiger partial charge in [0.15, 0.2) is 0 Å². The predicted molar refractivity (Wildman–Crippen MR) is 94.3 cm³/mol. The van der Waals surface area contributed by atoms with E-state index in [0.29, 0.717) is 0 Å². The fraction of sp³-hybridized carbons (Fsp3) is 0.778. The van der Waals surface area contributed by atoms with Crippen LogP contribution in [-0.2, 0) is 64.9 Å². The minimum atomic E-state index is -5.04. The average Bonchev–Trinajstić information content (AvgIpc) is 2.64. The van der Waals surface area contributed by atoms with Crippen molar-refractivity contribution in [3.63, 3.8) is 0 Å². The topological polar surface area (TPSA) is 105 Å². The van der Waals surface area contributed by atoms with Gasteiger partial charge < -0.3 is 0 Å². The van der Waals surface area contributed by atoms with Crippen molar-refractivity contribution in [3.8, 4) is 0 Å². The molecule has 0 rings (SSSR count). The Morgan fingerprint density at radius 1 is 0.636 bits per heavy atom. The average molecular weight is 576 g/mol. The minimum absolute atomic E-state index is 0. The van der Waals surface area contributed by atoms with Crippen LogP contribution >= 0.6 is 0 Å². The molecule has 0 heterocycles. The van der Waals surface area contributed by atoms with Gasteiger partial charge in [-0.25, -0.2) is 9.59 Å². The molecule has 0 aromatic heterocycles. The zero-order valence-corrected chi connectivity index (χ0v) is 21.2. The van der Waals surface area contributed by atoms with E-state index in [4.69, 9.17) is 0 Å². The Hall–Kier alpha value is -1.34. The van der Waals surface area contributed by atoms with Gasteiger partial charge in [-0.1, -0.05) is 13.8 Å². The SMILES string of the molecule is CCC(C(=O)OOC(C)C)C(=O)C(F)(F)F.CCC(C(=O)OOC(C)C)C(=O)C(F)(F)F.[Zr]. The Morgan fingerprint density at radius 3 is 1.03 bits per heavy atom. The Labute approximate surface area is 205 Å². The summed E-state index contributed by atoms with van der Waals surface area (Å²) in [5, 5.41) is 0. The quantitative estimate of drug-likeness (QED) is 0.166. The molecule has 0 radical (unpaired) electrons. The van der Waals surface area contributed by atoms with Crippen LogP contribution in [0.3, 0.4) is 0 Å². The molecule has 2 atom stereocenters. The molecule has 0 bridgehead atoms. The van der Waals surface area contributed by atoms with Gasteiger partial charge in [0.2, 0.25) is 0 Å². The van der Waals surface area contributed by atoms with Crippen LogP contribution in [0.15, 0.2) is 0 Å². The fourth-order valence-corrected chi connectivity index (χ4v) is 1.72. The van der Waals surface area contributed by atoms with Crippen LogP contribution in [0.4, 0.5) is 26.3 Å². The first-order chi connectivity index (χ1) is 14.4. The number of carbonyl (C=O) groups is 4. The molecule has 8 nitrogen and oxygen atoms in total. The normalized spacial score (nSPS) is 13.3. The molecule has 0 aliphatic rings. The number of hydrogen-bond acceptors (Lipinski definition) is 8. The summed E-state index contributed by atoms with van der Waals surface area (Å²) in [6.07, 6.45) is -11.6. The smallest absolute Gasteiger partial charge is 0.297 e. The molecule has 33 heavy (non-hydrogen) atoms. The van der Waals surface area contributed by atoms with E-state index in [9.17, 15) is 45.5 Å². The largest absolute Gasteiger partial charge is 0.450 e. The van der Waals surface area contributed by atoms with Gasteiger partial charge in [-0.3, -0.25) is 19.4 Å². The molecular formula is C18H26F6O8Zr. The van der Waals surface area contributed by atoms with Gasteiger partial charge in [-0.15, -0.1) is 0 Å². The third-order valence-electron chi connectivity index (χ3n) is 3.22. The van der Waals surface area contributed by atoms with Crippen LogP contribution in [0.1, 0.15) is 54.4 Å². The Morgan fingerprint density at radius 2 is 0.879 bits per heavy atom. The number of ketones is 2. The van der Waals surface area contributed by atoms with Crippen LogP contribution in [0.5, 0.6) is 0 Å². The number of halogens is 6. The first kappa shape index (κ1) is 36.2. The molecule has 0 aliphatic heterocycles. The molecule has 0 fully saturated rings. The molecule has 0 amide bonds. The monoisotopic (exact) mass is 574 g/mol. The summed E-state index contributed by atoms with van der Waals surface area (Å²) in [5.74, 6) is -10.6. The van der Waals surface area contributed by atoms with E-state index in [-0.39, 0.29) is 39.0 Å². The van der Waals surface area contributed by atoms with Gasteiger partial charge in [0.05, 0.1) is 12.2 Å². The molecule has 15 heteroatoms. The maximum Gasteiger partial charge on any atom is 0.450 e. The van der Waals surface area contributed by atoms with E-state index in [1.165, 1.54) is 41.5 Å². The second-order valence-electron chi connectivity index (χ2n) is 6.74. The molecule has 0 aromatic carbocycles. The standard InChI is InChI=1S/2C9H13F3O4.Zr/c2*1-4-6(7(13)9(10,11)12)8(14)16-15-5(2)3;/h2*5-6H,4H2,1-3H3;. The Balaban J connectivity index is -0.000000529. The first-order valence-corrected chi connectivity index (χ1v) is 9.36. The van der Waals surface area contributed by atoms with Crippen molar-refractivity contribution >= 4 is 23.5 Å². The number of alkyl halides is 6. The van der Waals surface area contributed by atoms with Gasteiger partial charge in [0.25, 0.3) is 11.6 Å². The third-order valence-corrected chi connectivity index (χ3v) is 3.22. The second kappa shape index (κ2) is 16.3. The van der Waals surface area contributed by atoms with Gasteiger partial charge in [-0.05, 0) is 40.5 Å². The second-order valence-corrected chi connectivity index (χ2v) is 6.74. The predicted octanol–water partition coefficient (Wildman–Crippen LogP) is 4.05. The number of hydrogen-bond donors (Lipinski definition) is 0. The van der Waals surface area contributed by atoms with E-state index in [1.807, 2.05) is 0 Å². The van der Waals surface area contributed by atoms with Crippen LogP contribution in [-0.4, -0.2) is 48.1 Å². The maximum atomic E-state index is 12.0. The summed E-state index contributed by atoms with van der Waals surface area (Å²) in [4.78, 5) is 60.8. The minimum Gasteiger partial charge on any atom is -0.297 e. The van der Waals surface area contributed by atoms with Crippen LogP contribution in [0.2, 0.25) is 0 Å². The molecule has 0 aromatic rings. The zero-order valence-electron chi connectivity index (χ0n) is 18.8. The van der Waals surface area contributed by atoms with Gasteiger partial charge in [-0.2, -0.15) is 36.1 Å². The van der Waals surface area contributed by atoms with Crippen molar-refractivity contribution in [2.24, 2.45) is 11.8 Å². The summed E-state index contributed by atoms with van der Waals surface area (Å²) in [7, 11) is 0. The molecular weight excluding hydrogens is 549 g/mol. The van der Waals surface area contributed by atoms with Crippen molar-refractivity contribution in [2.75, 3.05) is 0 Å². The van der Waals surface area contributed by atoms with E-state index in [2.05, 4.69) is 19.6 Å². The van der Waals surface area contributed by atoms with Crippen molar-refractivity contribution in [1.82, 2.24) is 0 Å². The summed E-state index contributed by atoms with van der Waals surface area (Å²) in [5.41, 5.74) is 0. The van der Waals surface area contributed by atoms with E-state index < -0.39 is 59.9 Å². The van der Waals surface area contributed by atoms with Crippen LogP contribution in [0, 0.1) is 11.8 Å². The van der Waals surface area contributed by atoms with Crippen molar-refractivity contribution in [1.29, 1.82) is 0 Å². The first-order valence-electron chi connectivity index (χ1n) is 9.36. The number of Topliss-reactive ketones (excluding diaryl/α,β-unsaturated/α-hetero) is 2. The van der Waals surface area contributed by atoms with Crippen molar-refractivity contribution in [3.05, 3.63) is 0 Å². The molecule has 192 valence electrons. The van der Waals surface area contributed by atoms with E-state index in [0.717, 1.165) is 0 Å². The fourth-order valence-electron chi connectivity index (χ4n) is 1.72. The molecule has 0 N–H and O–H groups in total.